The fourth-order valence-electron chi connectivity index (χ4n) is 2.89. The number of amides is 5. The Morgan fingerprint density at radius 2 is 1.44 bits per heavy atom. The number of nitrogens with two attached hydrogens (primary N) is 3. The van der Waals surface area contributed by atoms with Crippen molar-refractivity contribution in [3.8, 4) is 0 Å². The van der Waals surface area contributed by atoms with E-state index in [9.17, 15) is 38.7 Å². The molecule has 0 saturated heterocycles. The first-order valence-corrected chi connectivity index (χ1v) is 10.4. The number of carboxylic acid groups (broad SMARTS) is 2. The van der Waals surface area contributed by atoms with Crippen LogP contribution in [0.3, 0.4) is 0 Å². The second-order valence-electron chi connectivity index (χ2n) is 7.68. The van der Waals surface area contributed by atoms with Gasteiger partial charge < -0.3 is 48.3 Å². The molecule has 0 aliphatic carbocycles. The van der Waals surface area contributed by atoms with Gasteiger partial charge >= 0.3 is 11.9 Å². The van der Waals surface area contributed by atoms with E-state index in [4.69, 9.17) is 22.3 Å². The molecule has 0 aliphatic heterocycles. The second kappa shape index (κ2) is 14.0. The monoisotopic (exact) mass is 512 g/mol. The predicted molar refractivity (Wildman–Crippen MR) is 118 cm³/mol. The van der Waals surface area contributed by atoms with Crippen LogP contribution in [-0.2, 0) is 40.0 Å². The van der Waals surface area contributed by atoms with Gasteiger partial charge in [0.2, 0.25) is 29.5 Å². The van der Waals surface area contributed by atoms with Crippen molar-refractivity contribution in [3.63, 3.8) is 0 Å². The molecule has 36 heavy (non-hydrogen) atoms. The van der Waals surface area contributed by atoms with Gasteiger partial charge in [-0.3, -0.25) is 28.8 Å². The number of carbonyl (C=O) groups is 7. The third-order valence-corrected chi connectivity index (χ3v) is 4.68. The SMILES string of the molecule is NC(=O)CCC(NC(=O)C(N)CC(N)=O)C(=O)NC(CC(=O)O)C(=O)NC(Cc1cnc[nH]1)C(=O)O. The van der Waals surface area contributed by atoms with Gasteiger partial charge in [-0.2, -0.15) is 0 Å². The average molecular weight is 512 g/mol. The largest absolute Gasteiger partial charge is 0.481 e. The zero-order chi connectivity index (χ0) is 27.4. The number of imidazole rings is 1. The first-order valence-electron chi connectivity index (χ1n) is 10.4. The molecule has 12 N–H and O–H groups in total. The van der Waals surface area contributed by atoms with Gasteiger partial charge in [-0.1, -0.05) is 0 Å². The molecule has 0 spiro atoms. The number of nitrogens with zero attached hydrogens (tertiary/aromatic N) is 1. The molecule has 5 amide bonds. The van der Waals surface area contributed by atoms with Crippen LogP contribution in [0.15, 0.2) is 12.5 Å². The fourth-order valence-corrected chi connectivity index (χ4v) is 2.89. The third kappa shape index (κ3) is 10.6. The summed E-state index contributed by atoms with van der Waals surface area (Å²) in [4.78, 5) is 89.1. The van der Waals surface area contributed by atoms with E-state index in [1.165, 1.54) is 12.5 Å². The summed E-state index contributed by atoms with van der Waals surface area (Å²) in [7, 11) is 0. The van der Waals surface area contributed by atoms with Crippen LogP contribution >= 0.6 is 0 Å². The maximum absolute atomic E-state index is 12.8. The van der Waals surface area contributed by atoms with Gasteiger partial charge in [-0.25, -0.2) is 9.78 Å². The normalized spacial score (nSPS) is 13.9. The standard InChI is InChI=1S/C19H28N8O9/c20-9(4-14(22)29)16(32)25-10(1-2-13(21)28)17(33)26-11(5-15(30)31)18(34)27-12(19(35)36)3-8-6-23-7-24-8/h6-7,9-12H,1-5,20H2,(H2,21,28)(H2,22,29)(H,23,24)(H,25,32)(H,26,33)(H,27,34)(H,30,31)(H,35,36). The Morgan fingerprint density at radius 3 is 1.94 bits per heavy atom. The molecule has 4 atom stereocenters. The van der Waals surface area contributed by atoms with E-state index < -0.39 is 78.5 Å². The molecule has 1 heterocycles. The number of rotatable bonds is 16. The van der Waals surface area contributed by atoms with Crippen molar-refractivity contribution in [2.45, 2.75) is 56.3 Å². The van der Waals surface area contributed by atoms with Crippen molar-refractivity contribution in [2.75, 3.05) is 0 Å². The molecule has 198 valence electrons. The number of aromatic amines is 1. The zero-order valence-electron chi connectivity index (χ0n) is 18.9. The number of primary amides is 2. The van der Waals surface area contributed by atoms with Gasteiger partial charge in [-0.05, 0) is 6.42 Å². The van der Waals surface area contributed by atoms with E-state index in [0.29, 0.717) is 5.69 Å². The molecule has 0 saturated carbocycles. The lowest BCUT2D eigenvalue weighted by molar-refractivity contribution is -0.143. The molecule has 17 heteroatoms. The van der Waals surface area contributed by atoms with Gasteiger partial charge in [0.15, 0.2) is 0 Å². The van der Waals surface area contributed by atoms with E-state index in [1.54, 1.807) is 0 Å². The molecule has 0 aromatic carbocycles. The zero-order valence-corrected chi connectivity index (χ0v) is 18.9. The molecule has 0 bridgehead atoms. The number of H-pyrrole nitrogens is 1. The summed E-state index contributed by atoms with van der Waals surface area (Å²) in [5.41, 5.74) is 16.0. The minimum absolute atomic E-state index is 0.218. The molecule has 17 nitrogen and oxygen atoms in total. The van der Waals surface area contributed by atoms with Crippen molar-refractivity contribution in [1.82, 2.24) is 25.9 Å². The average Bonchev–Trinajstić information content (AvgIpc) is 3.27. The third-order valence-electron chi connectivity index (χ3n) is 4.68. The van der Waals surface area contributed by atoms with Gasteiger partial charge in [0.25, 0.3) is 0 Å². The molecular weight excluding hydrogens is 484 g/mol. The Bertz CT molecular complexity index is 982. The second-order valence-corrected chi connectivity index (χ2v) is 7.68. The lowest BCUT2D eigenvalue weighted by Crippen LogP contribution is -2.58. The lowest BCUT2D eigenvalue weighted by atomic mass is 10.1. The van der Waals surface area contributed by atoms with E-state index >= 15 is 0 Å². The van der Waals surface area contributed by atoms with Crippen LogP contribution < -0.4 is 33.2 Å². The Labute approximate surface area is 203 Å². The summed E-state index contributed by atoms with van der Waals surface area (Å²) in [5.74, 6) is -7.86. The van der Waals surface area contributed by atoms with Crippen LogP contribution in [0.2, 0.25) is 0 Å². The maximum Gasteiger partial charge on any atom is 0.326 e. The number of aliphatic carboxylic acids is 2. The first-order chi connectivity index (χ1) is 16.8. The summed E-state index contributed by atoms with van der Waals surface area (Å²) in [6, 6.07) is -6.19. The number of hydrogen-bond acceptors (Lipinski definition) is 9. The summed E-state index contributed by atoms with van der Waals surface area (Å²) < 4.78 is 0. The van der Waals surface area contributed by atoms with Crippen molar-refractivity contribution in [2.24, 2.45) is 17.2 Å². The van der Waals surface area contributed by atoms with E-state index in [0.717, 1.165) is 0 Å². The minimum Gasteiger partial charge on any atom is -0.481 e. The van der Waals surface area contributed by atoms with Gasteiger partial charge in [0.05, 0.1) is 25.2 Å². The van der Waals surface area contributed by atoms with Crippen LogP contribution in [0.25, 0.3) is 0 Å². The highest BCUT2D eigenvalue weighted by Gasteiger charge is 2.32. The Kier molecular flexibility index (Phi) is 11.5. The van der Waals surface area contributed by atoms with Crippen molar-refractivity contribution >= 4 is 41.5 Å². The molecular formula is C19H28N8O9. The molecule has 0 fully saturated rings. The van der Waals surface area contributed by atoms with Crippen LogP contribution in [0.1, 0.15) is 31.4 Å². The Morgan fingerprint density at radius 1 is 0.861 bits per heavy atom. The van der Waals surface area contributed by atoms with E-state index in [1.807, 2.05) is 0 Å². The number of carboxylic acids is 2. The fraction of sp³-hybridized carbons (Fsp3) is 0.474. The molecule has 1 rings (SSSR count). The Balaban J connectivity index is 3.02. The van der Waals surface area contributed by atoms with Gasteiger partial charge in [0, 0.05) is 24.7 Å². The number of aromatic nitrogens is 2. The summed E-state index contributed by atoms with van der Waals surface area (Å²) in [6.45, 7) is 0. The highest BCUT2D eigenvalue weighted by Crippen LogP contribution is 2.04. The molecule has 0 aliphatic rings. The topological polar surface area (TPSA) is 303 Å². The van der Waals surface area contributed by atoms with Crippen molar-refractivity contribution in [3.05, 3.63) is 18.2 Å². The van der Waals surface area contributed by atoms with Crippen LogP contribution in [0.4, 0.5) is 0 Å². The molecule has 0 radical (unpaired) electrons. The van der Waals surface area contributed by atoms with Crippen LogP contribution in [0.5, 0.6) is 0 Å². The van der Waals surface area contributed by atoms with E-state index in [2.05, 4.69) is 25.9 Å². The van der Waals surface area contributed by atoms with Gasteiger partial charge in [-0.15, -0.1) is 0 Å². The highest BCUT2D eigenvalue weighted by atomic mass is 16.4. The number of carbonyl (C=O) groups excluding carboxylic acids is 5. The summed E-state index contributed by atoms with van der Waals surface area (Å²) >= 11 is 0. The van der Waals surface area contributed by atoms with Gasteiger partial charge in [0.1, 0.15) is 18.1 Å². The highest BCUT2D eigenvalue weighted by molar-refractivity contribution is 5.96. The predicted octanol–water partition coefficient (Wildman–Crippen LogP) is -4.57. The van der Waals surface area contributed by atoms with Crippen molar-refractivity contribution < 1.29 is 43.8 Å². The lowest BCUT2D eigenvalue weighted by Gasteiger charge is -2.24. The molecule has 1 aromatic rings. The van der Waals surface area contributed by atoms with Crippen molar-refractivity contribution in [1.29, 1.82) is 0 Å². The summed E-state index contributed by atoms with van der Waals surface area (Å²) in [5, 5.41) is 25.0. The van der Waals surface area contributed by atoms with E-state index in [-0.39, 0.29) is 19.3 Å². The quantitative estimate of drug-likeness (QED) is 0.101. The number of hydrogen-bond donors (Lipinski definition) is 9. The minimum atomic E-state index is -1.76. The summed E-state index contributed by atoms with van der Waals surface area (Å²) in [6.07, 6.45) is 0.176. The smallest absolute Gasteiger partial charge is 0.326 e. The number of nitrogens with one attached hydrogen (secondary N) is 4. The van der Waals surface area contributed by atoms with Crippen LogP contribution in [-0.4, -0.2) is 85.8 Å². The molecule has 4 unspecified atom stereocenters. The Hall–Kier alpha value is -4.54. The maximum atomic E-state index is 12.8. The van der Waals surface area contributed by atoms with Crippen LogP contribution in [0, 0.1) is 0 Å². The first kappa shape index (κ1) is 29.5. The molecule has 1 aromatic heterocycles.